The van der Waals surface area contributed by atoms with Gasteiger partial charge in [0.15, 0.2) is 0 Å². The average molecular weight is 578 g/mol. The van der Waals surface area contributed by atoms with Gasteiger partial charge in [0.25, 0.3) is 0 Å². The van der Waals surface area contributed by atoms with E-state index in [0.717, 1.165) is 0 Å². The molecular formula is C25H38BF3N2O7S. The van der Waals surface area contributed by atoms with E-state index in [1.165, 1.54) is 24.1 Å². The minimum Gasteiger partial charge on any atom is -0.495 e. The third kappa shape index (κ3) is 7.19. The van der Waals surface area contributed by atoms with Crippen LogP contribution in [0.15, 0.2) is 23.1 Å². The first-order valence-corrected chi connectivity index (χ1v) is 14.2. The Kier molecular flexibility index (Phi) is 8.68. The summed E-state index contributed by atoms with van der Waals surface area (Å²) in [6, 6.07) is 3.19. The maximum absolute atomic E-state index is 13.9. The lowest BCUT2D eigenvalue weighted by molar-refractivity contribution is -0.140. The summed E-state index contributed by atoms with van der Waals surface area (Å²) in [4.78, 5) is 13.4. The number of methoxy groups -OCH3 is 1. The van der Waals surface area contributed by atoms with Gasteiger partial charge >= 0.3 is 19.4 Å². The highest BCUT2D eigenvalue weighted by molar-refractivity contribution is 7.89. The number of amides is 1. The molecule has 0 N–H and O–H groups in total. The summed E-state index contributed by atoms with van der Waals surface area (Å²) in [6.07, 6.45) is -5.38. The predicted octanol–water partition coefficient (Wildman–Crippen LogP) is 3.95. The molecule has 2 aliphatic heterocycles. The molecule has 220 valence electrons. The predicted molar refractivity (Wildman–Crippen MR) is 139 cm³/mol. The summed E-state index contributed by atoms with van der Waals surface area (Å²) < 4.78 is 92.0. The van der Waals surface area contributed by atoms with Crippen LogP contribution in [0.1, 0.15) is 61.3 Å². The molecule has 0 spiro atoms. The Bertz CT molecular complexity index is 1150. The molecule has 1 aromatic rings. The van der Waals surface area contributed by atoms with E-state index >= 15 is 0 Å². The monoisotopic (exact) mass is 578 g/mol. The lowest BCUT2D eigenvalue weighted by Crippen LogP contribution is -2.52. The minimum atomic E-state index is -4.80. The number of piperidine rings is 1. The quantitative estimate of drug-likeness (QED) is 0.472. The molecule has 2 saturated heterocycles. The van der Waals surface area contributed by atoms with Crippen molar-refractivity contribution in [2.45, 2.75) is 95.2 Å². The highest BCUT2D eigenvalue weighted by Gasteiger charge is 2.52. The first-order valence-electron chi connectivity index (χ1n) is 12.8. The average Bonchev–Trinajstić information content (AvgIpc) is 3.02. The van der Waals surface area contributed by atoms with Crippen molar-refractivity contribution in [2.75, 3.05) is 26.7 Å². The molecule has 0 aromatic heterocycles. The van der Waals surface area contributed by atoms with Gasteiger partial charge in [0.05, 0.1) is 18.3 Å². The molecule has 3 rings (SSSR count). The molecule has 0 saturated carbocycles. The van der Waals surface area contributed by atoms with Gasteiger partial charge in [-0.05, 0) is 78.9 Å². The van der Waals surface area contributed by atoms with Gasteiger partial charge in [-0.15, -0.1) is 0 Å². The minimum absolute atomic E-state index is 0.00772. The summed E-state index contributed by atoms with van der Waals surface area (Å²) >= 11 is 0. The molecule has 2 fully saturated rings. The van der Waals surface area contributed by atoms with E-state index in [4.69, 9.17) is 18.8 Å². The van der Waals surface area contributed by atoms with Crippen LogP contribution >= 0.6 is 0 Å². The summed E-state index contributed by atoms with van der Waals surface area (Å²) in [5.41, 5.74) is -1.82. The molecule has 0 atom stereocenters. The lowest BCUT2D eigenvalue weighted by Gasteiger charge is -2.38. The number of halogens is 3. The molecule has 9 nitrogen and oxygen atoms in total. The molecule has 0 bridgehead atoms. The molecule has 1 amide bonds. The maximum Gasteiger partial charge on any atom is 0.494 e. The Morgan fingerprint density at radius 2 is 1.64 bits per heavy atom. The van der Waals surface area contributed by atoms with E-state index in [1.54, 1.807) is 26.8 Å². The molecule has 0 radical (unpaired) electrons. The van der Waals surface area contributed by atoms with Crippen molar-refractivity contribution in [3.63, 3.8) is 0 Å². The Hall–Kier alpha value is -2.03. The third-order valence-corrected chi connectivity index (χ3v) is 9.08. The largest absolute Gasteiger partial charge is 0.495 e. The van der Waals surface area contributed by atoms with Crippen molar-refractivity contribution in [3.8, 4) is 5.75 Å². The number of carbonyl (C=O) groups is 1. The van der Waals surface area contributed by atoms with Crippen LogP contribution in [0.5, 0.6) is 5.75 Å². The van der Waals surface area contributed by atoms with Crippen LogP contribution in [0, 0.1) is 0 Å². The lowest BCUT2D eigenvalue weighted by atomic mass is 9.79. The standard InChI is InChI=1S/C25H38BF3N2O7S/c1-22(2,3)36-21(32)30-13-11-18(12-14-30)31(16-25(27,28)29)39(33,34)20-15-17(9-10-19(20)35-8)26-37-23(4,5)24(6,7)38-26/h9-10,15,18H,11-14,16H2,1-8H3. The van der Waals surface area contributed by atoms with Gasteiger partial charge in [-0.3, -0.25) is 0 Å². The molecule has 1 aromatic carbocycles. The zero-order chi connectivity index (χ0) is 29.6. The Balaban J connectivity index is 1.93. The molecule has 2 aliphatic rings. The summed E-state index contributed by atoms with van der Waals surface area (Å²) in [5.74, 6) is -0.103. The molecule has 2 heterocycles. The van der Waals surface area contributed by atoms with Gasteiger partial charge in [0, 0.05) is 19.1 Å². The van der Waals surface area contributed by atoms with Crippen molar-refractivity contribution in [1.82, 2.24) is 9.21 Å². The van der Waals surface area contributed by atoms with E-state index in [2.05, 4.69) is 0 Å². The topological polar surface area (TPSA) is 94.6 Å². The van der Waals surface area contributed by atoms with E-state index in [0.29, 0.717) is 9.77 Å². The van der Waals surface area contributed by atoms with Crippen molar-refractivity contribution >= 4 is 28.7 Å². The van der Waals surface area contributed by atoms with Crippen LogP contribution in [-0.2, 0) is 24.1 Å². The van der Waals surface area contributed by atoms with Crippen molar-refractivity contribution in [1.29, 1.82) is 0 Å². The van der Waals surface area contributed by atoms with Crippen LogP contribution in [0.3, 0.4) is 0 Å². The van der Waals surface area contributed by atoms with Gasteiger partial charge < -0.3 is 23.7 Å². The second-order valence-corrected chi connectivity index (χ2v) is 13.7. The molecule has 0 unspecified atom stereocenters. The van der Waals surface area contributed by atoms with E-state index in [9.17, 15) is 26.4 Å². The van der Waals surface area contributed by atoms with Gasteiger partial charge in [0.1, 0.15) is 22.8 Å². The number of nitrogens with zero attached hydrogens (tertiary/aromatic N) is 2. The number of ether oxygens (including phenoxy) is 2. The number of benzene rings is 1. The Morgan fingerprint density at radius 1 is 1.10 bits per heavy atom. The molecule has 14 heteroatoms. The third-order valence-electron chi connectivity index (χ3n) is 7.16. The maximum atomic E-state index is 13.9. The second kappa shape index (κ2) is 10.8. The Morgan fingerprint density at radius 3 is 2.10 bits per heavy atom. The fraction of sp³-hybridized carbons (Fsp3) is 0.720. The summed E-state index contributed by atoms with van der Waals surface area (Å²) in [7, 11) is -4.39. The molecular weight excluding hydrogens is 540 g/mol. The van der Waals surface area contributed by atoms with Crippen LogP contribution in [0.25, 0.3) is 0 Å². The number of alkyl halides is 3. The van der Waals surface area contributed by atoms with Crippen LogP contribution in [0.4, 0.5) is 18.0 Å². The number of hydrogen-bond donors (Lipinski definition) is 0. The fourth-order valence-corrected chi connectivity index (χ4v) is 6.26. The first-order chi connectivity index (χ1) is 17.7. The van der Waals surface area contributed by atoms with Crippen molar-refractivity contribution < 1.29 is 45.2 Å². The Labute approximate surface area is 229 Å². The number of rotatable bonds is 6. The summed E-state index contributed by atoms with van der Waals surface area (Å²) in [5, 5.41) is 0. The normalized spacial score (nSPS) is 20.4. The van der Waals surface area contributed by atoms with Crippen LogP contribution < -0.4 is 10.2 Å². The molecule has 0 aliphatic carbocycles. The number of likely N-dealkylation sites (tertiary alicyclic amines) is 1. The van der Waals surface area contributed by atoms with Crippen LogP contribution in [-0.4, -0.2) is 86.6 Å². The van der Waals surface area contributed by atoms with E-state index in [-0.39, 0.29) is 31.7 Å². The van der Waals surface area contributed by atoms with E-state index < -0.39 is 63.7 Å². The number of sulfonamides is 1. The first kappa shape index (κ1) is 31.5. The number of carbonyl (C=O) groups excluding carboxylic acids is 1. The fourth-order valence-electron chi connectivity index (χ4n) is 4.40. The highest BCUT2D eigenvalue weighted by atomic mass is 32.2. The van der Waals surface area contributed by atoms with E-state index in [1.807, 2.05) is 27.7 Å². The zero-order valence-corrected chi connectivity index (χ0v) is 24.5. The van der Waals surface area contributed by atoms with Gasteiger partial charge in [-0.1, -0.05) is 6.07 Å². The highest BCUT2D eigenvalue weighted by Crippen LogP contribution is 2.38. The van der Waals surface area contributed by atoms with Gasteiger partial charge in [0.2, 0.25) is 10.0 Å². The number of hydrogen-bond acceptors (Lipinski definition) is 7. The SMILES string of the molecule is COc1ccc(B2OC(C)(C)C(C)(C)O2)cc1S(=O)(=O)N(CC(F)(F)F)C1CCN(C(=O)OC(C)(C)C)CC1. The van der Waals surface area contributed by atoms with Gasteiger partial charge in [-0.2, -0.15) is 17.5 Å². The smallest absolute Gasteiger partial charge is 0.494 e. The van der Waals surface area contributed by atoms with Crippen LogP contribution in [0.2, 0.25) is 0 Å². The van der Waals surface area contributed by atoms with Gasteiger partial charge in [-0.25, -0.2) is 13.2 Å². The second-order valence-electron chi connectivity index (χ2n) is 11.9. The van der Waals surface area contributed by atoms with Crippen molar-refractivity contribution in [2.24, 2.45) is 0 Å². The molecule has 39 heavy (non-hydrogen) atoms. The summed E-state index contributed by atoms with van der Waals surface area (Å²) in [6.45, 7) is 10.9. The van der Waals surface area contributed by atoms with Crippen molar-refractivity contribution in [3.05, 3.63) is 18.2 Å². The zero-order valence-electron chi connectivity index (χ0n) is 23.7.